The maximum atomic E-state index is 12.5. The first-order valence-electron chi connectivity index (χ1n) is 9.14. The average Bonchev–Trinajstić information content (AvgIpc) is 2.71. The van der Waals surface area contributed by atoms with Crippen LogP contribution in [0, 0.1) is 0 Å². The van der Waals surface area contributed by atoms with Crippen molar-refractivity contribution in [1.29, 1.82) is 0 Å². The van der Waals surface area contributed by atoms with Crippen molar-refractivity contribution in [1.82, 2.24) is 15.2 Å². The van der Waals surface area contributed by atoms with Gasteiger partial charge >= 0.3 is 0 Å². The number of pyridine rings is 1. The molecule has 0 unspecified atom stereocenters. The fourth-order valence-electron chi connectivity index (χ4n) is 3.53. The van der Waals surface area contributed by atoms with Gasteiger partial charge in [0.05, 0.1) is 5.69 Å². The molecule has 1 aliphatic rings. The number of nitrogens with one attached hydrogen (secondary N) is 2. The largest absolute Gasteiger partial charge is 0.280 e. The standard InChI is InChI=1S/C20H20N4O3S/c25-20-18-9-2-1-8-17(18)19(22-23-20)12-14-5-3-6-15(11-14)24-28(26,27)16-7-4-10-21-13-16/h3-7,10-11,13,24H,1-2,8-9,12H2,(H,23,25). The van der Waals surface area contributed by atoms with E-state index in [1.54, 1.807) is 24.3 Å². The average molecular weight is 396 g/mol. The van der Waals surface area contributed by atoms with Crippen molar-refractivity contribution >= 4 is 15.7 Å². The summed E-state index contributed by atoms with van der Waals surface area (Å²) < 4.78 is 27.6. The number of hydrogen-bond acceptors (Lipinski definition) is 5. The minimum Gasteiger partial charge on any atom is -0.280 e. The SMILES string of the molecule is O=c1[nH]nc(Cc2cccc(NS(=O)(=O)c3cccnc3)c2)c2c1CCCC2. The number of H-pyrrole nitrogens is 1. The summed E-state index contributed by atoms with van der Waals surface area (Å²) in [5.74, 6) is 0. The third-order valence-corrected chi connectivity index (χ3v) is 6.24. The van der Waals surface area contributed by atoms with E-state index in [0.717, 1.165) is 48.1 Å². The van der Waals surface area contributed by atoms with Gasteiger partial charge in [0.15, 0.2) is 0 Å². The Kier molecular flexibility index (Phi) is 4.95. The van der Waals surface area contributed by atoms with E-state index in [0.29, 0.717) is 12.1 Å². The number of rotatable bonds is 5. The monoisotopic (exact) mass is 396 g/mol. The molecule has 2 N–H and O–H groups in total. The molecule has 0 spiro atoms. The number of aromatic amines is 1. The summed E-state index contributed by atoms with van der Waals surface area (Å²) in [6.45, 7) is 0. The summed E-state index contributed by atoms with van der Waals surface area (Å²) in [5, 5.41) is 6.85. The first-order valence-corrected chi connectivity index (χ1v) is 10.6. The lowest BCUT2D eigenvalue weighted by Gasteiger charge is -2.17. The van der Waals surface area contributed by atoms with Gasteiger partial charge in [0, 0.05) is 30.1 Å². The highest BCUT2D eigenvalue weighted by Crippen LogP contribution is 2.23. The fourth-order valence-corrected chi connectivity index (χ4v) is 4.54. The summed E-state index contributed by atoms with van der Waals surface area (Å²) in [6.07, 6.45) is 7.07. The van der Waals surface area contributed by atoms with E-state index in [-0.39, 0.29) is 10.5 Å². The molecule has 0 atom stereocenters. The van der Waals surface area contributed by atoms with Crippen LogP contribution in [0.4, 0.5) is 5.69 Å². The molecule has 7 nitrogen and oxygen atoms in total. The minimum atomic E-state index is -3.70. The molecule has 0 amide bonds. The van der Waals surface area contributed by atoms with Crippen molar-refractivity contribution in [2.24, 2.45) is 0 Å². The molecule has 0 bridgehead atoms. The van der Waals surface area contributed by atoms with Gasteiger partial charge in [-0.2, -0.15) is 5.10 Å². The third kappa shape index (κ3) is 3.82. The van der Waals surface area contributed by atoms with Gasteiger partial charge in [-0.1, -0.05) is 12.1 Å². The molecule has 0 fully saturated rings. The normalized spacial score (nSPS) is 13.7. The molecular formula is C20H20N4O3S. The van der Waals surface area contributed by atoms with E-state index in [4.69, 9.17) is 0 Å². The Morgan fingerprint density at radius 2 is 1.89 bits per heavy atom. The van der Waals surface area contributed by atoms with Gasteiger partial charge in [-0.05, 0) is 61.1 Å². The third-order valence-electron chi connectivity index (χ3n) is 4.88. The highest BCUT2D eigenvalue weighted by molar-refractivity contribution is 7.92. The predicted molar refractivity (Wildman–Crippen MR) is 106 cm³/mol. The molecule has 0 radical (unpaired) electrons. The summed E-state index contributed by atoms with van der Waals surface area (Å²) in [4.78, 5) is 16.0. The zero-order chi connectivity index (χ0) is 19.6. The topological polar surface area (TPSA) is 105 Å². The van der Waals surface area contributed by atoms with Crippen LogP contribution in [0.15, 0.2) is 58.5 Å². The van der Waals surface area contributed by atoms with E-state index >= 15 is 0 Å². The Morgan fingerprint density at radius 3 is 2.68 bits per heavy atom. The van der Waals surface area contributed by atoms with Crippen LogP contribution in [-0.2, 0) is 29.3 Å². The van der Waals surface area contributed by atoms with E-state index in [1.165, 1.54) is 18.5 Å². The number of hydrogen-bond donors (Lipinski definition) is 2. The Labute approximate surface area is 162 Å². The summed E-state index contributed by atoms with van der Waals surface area (Å²) in [7, 11) is -3.70. The molecule has 2 aromatic heterocycles. The van der Waals surface area contributed by atoms with Crippen LogP contribution in [-0.4, -0.2) is 23.6 Å². The maximum Gasteiger partial charge on any atom is 0.267 e. The lowest BCUT2D eigenvalue weighted by Crippen LogP contribution is -2.23. The van der Waals surface area contributed by atoms with E-state index in [1.807, 2.05) is 6.07 Å². The van der Waals surface area contributed by atoms with Crippen molar-refractivity contribution < 1.29 is 8.42 Å². The maximum absolute atomic E-state index is 12.5. The number of aromatic nitrogens is 3. The second-order valence-corrected chi connectivity index (χ2v) is 8.52. The van der Waals surface area contributed by atoms with Crippen LogP contribution in [0.1, 0.15) is 35.2 Å². The highest BCUT2D eigenvalue weighted by atomic mass is 32.2. The Morgan fingerprint density at radius 1 is 1.07 bits per heavy atom. The Hall–Kier alpha value is -3.00. The molecule has 8 heteroatoms. The Balaban J connectivity index is 1.60. The van der Waals surface area contributed by atoms with Crippen molar-refractivity contribution in [3.8, 4) is 0 Å². The molecule has 0 aliphatic heterocycles. The smallest absolute Gasteiger partial charge is 0.267 e. The number of fused-ring (bicyclic) bond motifs is 1. The number of benzene rings is 1. The lowest BCUT2D eigenvalue weighted by atomic mass is 9.90. The first-order chi connectivity index (χ1) is 13.5. The van der Waals surface area contributed by atoms with Gasteiger partial charge in [0.25, 0.3) is 15.6 Å². The number of anilines is 1. The van der Waals surface area contributed by atoms with Crippen LogP contribution in [0.25, 0.3) is 0 Å². The van der Waals surface area contributed by atoms with E-state index < -0.39 is 10.0 Å². The second kappa shape index (κ2) is 7.55. The summed E-state index contributed by atoms with van der Waals surface area (Å²) in [5.41, 5.74) is 4.01. The van der Waals surface area contributed by atoms with Crippen LogP contribution in [0.3, 0.4) is 0 Å². The number of nitrogens with zero attached hydrogens (tertiary/aromatic N) is 2. The van der Waals surface area contributed by atoms with Crippen LogP contribution in [0.2, 0.25) is 0 Å². The zero-order valence-electron chi connectivity index (χ0n) is 15.2. The quantitative estimate of drug-likeness (QED) is 0.689. The zero-order valence-corrected chi connectivity index (χ0v) is 16.0. The van der Waals surface area contributed by atoms with E-state index in [2.05, 4.69) is 19.9 Å². The molecule has 1 aromatic carbocycles. The molecule has 1 aliphatic carbocycles. The van der Waals surface area contributed by atoms with Crippen molar-refractivity contribution in [3.63, 3.8) is 0 Å². The molecule has 3 aromatic rings. The van der Waals surface area contributed by atoms with Crippen molar-refractivity contribution in [3.05, 3.63) is 81.5 Å². The highest BCUT2D eigenvalue weighted by Gasteiger charge is 2.18. The molecular weight excluding hydrogens is 376 g/mol. The van der Waals surface area contributed by atoms with Gasteiger partial charge in [0.1, 0.15) is 4.90 Å². The van der Waals surface area contributed by atoms with Gasteiger partial charge in [-0.25, -0.2) is 13.5 Å². The summed E-state index contributed by atoms with van der Waals surface area (Å²) >= 11 is 0. The van der Waals surface area contributed by atoms with Crippen molar-refractivity contribution in [2.75, 3.05) is 4.72 Å². The molecule has 144 valence electrons. The van der Waals surface area contributed by atoms with Crippen LogP contribution >= 0.6 is 0 Å². The van der Waals surface area contributed by atoms with Crippen LogP contribution < -0.4 is 10.3 Å². The molecule has 2 heterocycles. The minimum absolute atomic E-state index is 0.101. The summed E-state index contributed by atoms with van der Waals surface area (Å²) in [6, 6.07) is 10.3. The molecule has 0 saturated heterocycles. The van der Waals surface area contributed by atoms with Crippen LogP contribution in [0.5, 0.6) is 0 Å². The predicted octanol–water partition coefficient (Wildman–Crippen LogP) is 2.44. The van der Waals surface area contributed by atoms with Crippen molar-refractivity contribution in [2.45, 2.75) is 37.0 Å². The first kappa shape index (κ1) is 18.4. The van der Waals surface area contributed by atoms with Gasteiger partial charge in [-0.15, -0.1) is 0 Å². The molecule has 0 saturated carbocycles. The van der Waals surface area contributed by atoms with Gasteiger partial charge < -0.3 is 0 Å². The molecule has 4 rings (SSSR count). The fraction of sp³-hybridized carbons (Fsp3) is 0.250. The number of sulfonamides is 1. The second-order valence-electron chi connectivity index (χ2n) is 6.84. The van der Waals surface area contributed by atoms with Gasteiger partial charge in [-0.3, -0.25) is 14.5 Å². The Bertz CT molecular complexity index is 1160. The molecule has 28 heavy (non-hydrogen) atoms. The van der Waals surface area contributed by atoms with E-state index in [9.17, 15) is 13.2 Å². The lowest BCUT2D eigenvalue weighted by molar-refractivity contribution is 0.601. The van der Waals surface area contributed by atoms with Gasteiger partial charge in [0.2, 0.25) is 0 Å².